The van der Waals surface area contributed by atoms with Crippen molar-refractivity contribution < 1.29 is 19.7 Å². The molecule has 0 spiro atoms. The molecule has 0 saturated carbocycles. The minimum Gasteiger partial charge on any atom is -0.504 e. The molecule has 0 aromatic heterocycles. The molecule has 1 aromatic rings. The Morgan fingerprint density at radius 3 is 2.42 bits per heavy atom. The van der Waals surface area contributed by atoms with E-state index >= 15 is 0 Å². The summed E-state index contributed by atoms with van der Waals surface area (Å²) >= 11 is 0. The lowest BCUT2D eigenvalue weighted by Gasteiger charge is -2.30. The molecule has 19 heavy (non-hydrogen) atoms. The van der Waals surface area contributed by atoms with Crippen molar-refractivity contribution >= 4 is 5.91 Å². The van der Waals surface area contributed by atoms with Gasteiger partial charge in [0.1, 0.15) is 0 Å². The Morgan fingerprint density at radius 2 is 2.00 bits per heavy atom. The summed E-state index contributed by atoms with van der Waals surface area (Å²) in [7, 11) is 1.44. The summed E-state index contributed by atoms with van der Waals surface area (Å²) in [6.45, 7) is 3.70. The van der Waals surface area contributed by atoms with E-state index in [0.29, 0.717) is 24.2 Å². The van der Waals surface area contributed by atoms with E-state index in [1.54, 1.807) is 6.07 Å². The van der Waals surface area contributed by atoms with Crippen LogP contribution in [0.25, 0.3) is 0 Å². The minimum absolute atomic E-state index is 0.0854. The Hall–Kier alpha value is -1.75. The van der Waals surface area contributed by atoms with Gasteiger partial charge in [0.05, 0.1) is 19.3 Å². The summed E-state index contributed by atoms with van der Waals surface area (Å²) in [5, 5.41) is 21.9. The number of methoxy groups -OCH3 is 1. The fourth-order valence-corrected chi connectivity index (χ4v) is 1.83. The van der Waals surface area contributed by atoms with E-state index in [1.807, 2.05) is 13.8 Å². The molecule has 1 amide bonds. The highest BCUT2D eigenvalue weighted by atomic mass is 16.5. The summed E-state index contributed by atoms with van der Waals surface area (Å²) < 4.78 is 4.92. The van der Waals surface area contributed by atoms with E-state index in [9.17, 15) is 15.0 Å². The molecule has 0 heterocycles. The predicted molar refractivity (Wildman–Crippen MR) is 72.5 cm³/mol. The van der Waals surface area contributed by atoms with Crippen LogP contribution in [0.15, 0.2) is 18.2 Å². The minimum atomic E-state index is -0.618. The van der Waals surface area contributed by atoms with E-state index in [-0.39, 0.29) is 18.3 Å². The maximum Gasteiger partial charge on any atom is 0.251 e. The number of hydrogen-bond acceptors (Lipinski definition) is 4. The van der Waals surface area contributed by atoms with E-state index < -0.39 is 5.54 Å². The topological polar surface area (TPSA) is 78.8 Å². The molecular weight excluding hydrogens is 246 g/mol. The molecule has 5 nitrogen and oxygen atoms in total. The van der Waals surface area contributed by atoms with E-state index in [2.05, 4.69) is 5.32 Å². The zero-order valence-corrected chi connectivity index (χ0v) is 11.6. The number of amides is 1. The Kier molecular flexibility index (Phi) is 5.18. The van der Waals surface area contributed by atoms with Crippen molar-refractivity contribution in [3.05, 3.63) is 23.8 Å². The largest absolute Gasteiger partial charge is 0.504 e. The van der Waals surface area contributed by atoms with Gasteiger partial charge in [-0.05, 0) is 31.0 Å². The van der Waals surface area contributed by atoms with Gasteiger partial charge >= 0.3 is 0 Å². The molecule has 0 radical (unpaired) electrons. The number of aliphatic hydroxyl groups is 1. The van der Waals surface area contributed by atoms with Gasteiger partial charge in [-0.15, -0.1) is 0 Å². The Morgan fingerprint density at radius 1 is 1.37 bits per heavy atom. The van der Waals surface area contributed by atoms with Crippen LogP contribution in [-0.2, 0) is 0 Å². The van der Waals surface area contributed by atoms with Crippen LogP contribution in [0.3, 0.4) is 0 Å². The van der Waals surface area contributed by atoms with Gasteiger partial charge in [0.2, 0.25) is 0 Å². The van der Waals surface area contributed by atoms with Gasteiger partial charge in [-0.2, -0.15) is 0 Å². The van der Waals surface area contributed by atoms with Gasteiger partial charge in [-0.1, -0.05) is 13.8 Å². The number of nitrogens with one attached hydrogen (secondary N) is 1. The molecule has 0 unspecified atom stereocenters. The summed E-state index contributed by atoms with van der Waals surface area (Å²) in [6.07, 6.45) is 1.27. The lowest BCUT2D eigenvalue weighted by molar-refractivity contribution is 0.0817. The second kappa shape index (κ2) is 6.43. The summed E-state index contributed by atoms with van der Waals surface area (Å²) in [5.41, 5.74) is -0.287. The molecule has 0 aliphatic rings. The fraction of sp³-hybridized carbons (Fsp3) is 0.500. The van der Waals surface area contributed by atoms with Crippen LogP contribution in [-0.4, -0.2) is 35.4 Å². The normalized spacial score (nSPS) is 11.2. The number of hydrogen-bond donors (Lipinski definition) is 3. The Bertz CT molecular complexity index is 433. The first-order valence-corrected chi connectivity index (χ1v) is 6.32. The number of rotatable bonds is 6. The zero-order valence-electron chi connectivity index (χ0n) is 11.6. The second-order valence-electron chi connectivity index (χ2n) is 4.49. The van der Waals surface area contributed by atoms with Crippen LogP contribution in [0.5, 0.6) is 11.5 Å². The molecule has 0 aliphatic carbocycles. The second-order valence-corrected chi connectivity index (χ2v) is 4.49. The van der Waals surface area contributed by atoms with Crippen molar-refractivity contribution in [2.75, 3.05) is 13.7 Å². The Balaban J connectivity index is 2.92. The first kappa shape index (κ1) is 15.3. The molecule has 5 heteroatoms. The lowest BCUT2D eigenvalue weighted by atomic mass is 9.93. The van der Waals surface area contributed by atoms with Crippen LogP contribution in [0.2, 0.25) is 0 Å². The number of carbonyl (C=O) groups excluding carboxylic acids is 1. The average Bonchev–Trinajstić information content (AvgIpc) is 2.44. The molecule has 1 aromatic carbocycles. The fourth-order valence-electron chi connectivity index (χ4n) is 1.83. The van der Waals surface area contributed by atoms with Gasteiger partial charge < -0.3 is 20.3 Å². The summed E-state index contributed by atoms with van der Waals surface area (Å²) in [6, 6.07) is 4.45. The first-order chi connectivity index (χ1) is 9.01. The highest BCUT2D eigenvalue weighted by Crippen LogP contribution is 2.26. The number of carbonyl (C=O) groups is 1. The molecule has 3 N–H and O–H groups in total. The van der Waals surface area contributed by atoms with Crippen LogP contribution >= 0.6 is 0 Å². The standard InChI is InChI=1S/C14H21NO4/c1-4-14(5-2,9-16)15-13(18)10-6-7-12(19-3)11(17)8-10/h6-8,16-17H,4-5,9H2,1-3H3,(H,15,18). The van der Waals surface area contributed by atoms with Gasteiger partial charge in [-0.25, -0.2) is 0 Å². The van der Waals surface area contributed by atoms with Crippen LogP contribution < -0.4 is 10.1 Å². The molecule has 106 valence electrons. The predicted octanol–water partition coefficient (Wildman–Crippen LogP) is 1.68. The molecule has 0 atom stereocenters. The van der Waals surface area contributed by atoms with E-state index in [1.165, 1.54) is 19.2 Å². The molecule has 0 fully saturated rings. The third-order valence-corrected chi connectivity index (χ3v) is 3.48. The summed E-state index contributed by atoms with van der Waals surface area (Å²) in [5.74, 6) is -0.0931. The molecule has 0 bridgehead atoms. The highest BCUT2D eigenvalue weighted by Gasteiger charge is 2.27. The number of phenolic OH excluding ortho intramolecular Hbond substituents is 1. The molecular formula is C14H21NO4. The van der Waals surface area contributed by atoms with E-state index in [4.69, 9.17) is 4.74 Å². The smallest absolute Gasteiger partial charge is 0.251 e. The SMILES string of the molecule is CCC(CC)(CO)NC(=O)c1ccc(OC)c(O)c1. The van der Waals surface area contributed by atoms with Crippen molar-refractivity contribution in [1.29, 1.82) is 0 Å². The van der Waals surface area contributed by atoms with Gasteiger partial charge in [0.15, 0.2) is 11.5 Å². The Labute approximate surface area is 113 Å². The number of aliphatic hydroxyl groups excluding tert-OH is 1. The van der Waals surface area contributed by atoms with Gasteiger partial charge in [0, 0.05) is 5.56 Å². The first-order valence-electron chi connectivity index (χ1n) is 6.32. The van der Waals surface area contributed by atoms with Crippen molar-refractivity contribution in [2.45, 2.75) is 32.2 Å². The highest BCUT2D eigenvalue weighted by molar-refractivity contribution is 5.95. The van der Waals surface area contributed by atoms with Crippen LogP contribution in [0.1, 0.15) is 37.0 Å². The molecule has 0 aliphatic heterocycles. The van der Waals surface area contributed by atoms with Gasteiger partial charge in [-0.3, -0.25) is 4.79 Å². The average molecular weight is 267 g/mol. The molecule has 0 saturated heterocycles. The monoisotopic (exact) mass is 267 g/mol. The van der Waals surface area contributed by atoms with Crippen molar-refractivity contribution in [2.24, 2.45) is 0 Å². The van der Waals surface area contributed by atoms with Crippen LogP contribution in [0, 0.1) is 0 Å². The van der Waals surface area contributed by atoms with Crippen molar-refractivity contribution in [3.63, 3.8) is 0 Å². The van der Waals surface area contributed by atoms with E-state index in [0.717, 1.165) is 0 Å². The number of aromatic hydroxyl groups is 1. The maximum absolute atomic E-state index is 12.1. The lowest BCUT2D eigenvalue weighted by Crippen LogP contribution is -2.50. The van der Waals surface area contributed by atoms with Crippen molar-refractivity contribution in [1.82, 2.24) is 5.32 Å². The number of phenols is 1. The quantitative estimate of drug-likeness (QED) is 0.732. The number of benzene rings is 1. The van der Waals surface area contributed by atoms with Crippen molar-refractivity contribution in [3.8, 4) is 11.5 Å². The zero-order chi connectivity index (χ0) is 14.5. The third-order valence-electron chi connectivity index (χ3n) is 3.48. The van der Waals surface area contributed by atoms with Gasteiger partial charge in [0.25, 0.3) is 5.91 Å². The van der Waals surface area contributed by atoms with Crippen LogP contribution in [0.4, 0.5) is 0 Å². The number of ether oxygens (including phenoxy) is 1. The summed E-state index contributed by atoms with van der Waals surface area (Å²) in [4.78, 5) is 12.1. The maximum atomic E-state index is 12.1. The third kappa shape index (κ3) is 3.38. The molecule has 1 rings (SSSR count).